The Bertz CT molecular complexity index is 417. The van der Waals surface area contributed by atoms with Crippen molar-refractivity contribution in [3.8, 4) is 0 Å². The molecular weight excluding hydrogens is 240 g/mol. The van der Waals surface area contributed by atoms with Crippen LogP contribution in [0.1, 0.15) is 30.9 Å². The minimum absolute atomic E-state index is 0.0257. The molecule has 2 amide bonds. The summed E-state index contributed by atoms with van der Waals surface area (Å²) in [5, 5.41) is 11.9. The fourth-order valence-electron chi connectivity index (χ4n) is 2.43. The average Bonchev–Trinajstić information content (AvgIpc) is 2.45. The molecule has 0 radical (unpaired) electrons. The van der Waals surface area contributed by atoms with Gasteiger partial charge in [0.2, 0.25) is 0 Å². The first-order valence-corrected chi connectivity index (χ1v) is 6.90. The fourth-order valence-corrected chi connectivity index (χ4v) is 2.43. The first-order valence-electron chi connectivity index (χ1n) is 6.90. The molecule has 4 nitrogen and oxygen atoms in total. The summed E-state index contributed by atoms with van der Waals surface area (Å²) >= 11 is 0. The molecule has 0 spiro atoms. The Morgan fingerprint density at radius 2 is 2.05 bits per heavy atom. The third-order valence-corrected chi connectivity index (χ3v) is 3.59. The second-order valence-corrected chi connectivity index (χ2v) is 5.33. The molecule has 1 heterocycles. The van der Waals surface area contributed by atoms with E-state index in [2.05, 4.69) is 12.2 Å². The van der Waals surface area contributed by atoms with Crippen LogP contribution in [0.15, 0.2) is 24.3 Å². The van der Waals surface area contributed by atoms with Crippen molar-refractivity contribution in [1.82, 2.24) is 10.2 Å². The number of aliphatic hydroxyl groups is 1. The number of nitrogens with zero attached hydrogens (tertiary/aromatic N) is 1. The Morgan fingerprint density at radius 3 is 2.68 bits per heavy atom. The number of benzene rings is 1. The molecule has 4 heteroatoms. The Balaban J connectivity index is 1.82. The Kier molecular flexibility index (Phi) is 4.80. The molecule has 1 aromatic rings. The van der Waals surface area contributed by atoms with Crippen molar-refractivity contribution >= 4 is 6.03 Å². The lowest BCUT2D eigenvalue weighted by Gasteiger charge is -2.30. The molecule has 0 bridgehead atoms. The van der Waals surface area contributed by atoms with E-state index in [1.807, 2.05) is 29.2 Å². The van der Waals surface area contributed by atoms with Crippen LogP contribution in [-0.2, 0) is 13.2 Å². The quantitative estimate of drug-likeness (QED) is 0.876. The third kappa shape index (κ3) is 3.96. The number of hydrogen-bond acceptors (Lipinski definition) is 2. The molecule has 1 saturated heterocycles. The van der Waals surface area contributed by atoms with Crippen LogP contribution in [0.25, 0.3) is 0 Å². The highest BCUT2D eigenvalue weighted by Gasteiger charge is 2.20. The van der Waals surface area contributed by atoms with Crippen molar-refractivity contribution in [3.63, 3.8) is 0 Å². The second kappa shape index (κ2) is 6.57. The Morgan fingerprint density at radius 1 is 1.37 bits per heavy atom. The van der Waals surface area contributed by atoms with E-state index in [9.17, 15) is 4.79 Å². The summed E-state index contributed by atoms with van der Waals surface area (Å²) in [4.78, 5) is 13.9. The molecule has 19 heavy (non-hydrogen) atoms. The van der Waals surface area contributed by atoms with Crippen LogP contribution >= 0.6 is 0 Å². The number of urea groups is 1. The molecule has 2 rings (SSSR count). The Hall–Kier alpha value is -1.55. The summed E-state index contributed by atoms with van der Waals surface area (Å²) in [7, 11) is 0. The molecule has 1 aliphatic heterocycles. The van der Waals surface area contributed by atoms with Gasteiger partial charge in [0.25, 0.3) is 0 Å². The lowest BCUT2D eigenvalue weighted by Crippen LogP contribution is -2.44. The molecule has 2 N–H and O–H groups in total. The summed E-state index contributed by atoms with van der Waals surface area (Å²) in [5.41, 5.74) is 1.94. The van der Waals surface area contributed by atoms with E-state index < -0.39 is 0 Å². The van der Waals surface area contributed by atoms with E-state index in [4.69, 9.17) is 5.11 Å². The first-order chi connectivity index (χ1) is 9.19. The topological polar surface area (TPSA) is 52.6 Å². The number of amides is 2. The number of piperidine rings is 1. The van der Waals surface area contributed by atoms with Crippen LogP contribution in [0.3, 0.4) is 0 Å². The normalized spacial score (nSPS) is 19.3. The maximum Gasteiger partial charge on any atom is 0.317 e. The van der Waals surface area contributed by atoms with Gasteiger partial charge < -0.3 is 15.3 Å². The highest BCUT2D eigenvalue weighted by molar-refractivity contribution is 5.74. The van der Waals surface area contributed by atoms with Crippen LogP contribution in [0.5, 0.6) is 0 Å². The number of hydrogen-bond donors (Lipinski definition) is 2. The zero-order valence-corrected chi connectivity index (χ0v) is 11.4. The predicted molar refractivity (Wildman–Crippen MR) is 74.6 cm³/mol. The Labute approximate surface area is 114 Å². The fraction of sp³-hybridized carbons (Fsp3) is 0.533. The van der Waals surface area contributed by atoms with Gasteiger partial charge in [0.1, 0.15) is 0 Å². The molecule has 0 aromatic heterocycles. The maximum absolute atomic E-state index is 12.0. The van der Waals surface area contributed by atoms with Gasteiger partial charge in [-0.25, -0.2) is 4.79 Å². The van der Waals surface area contributed by atoms with Crippen LogP contribution in [0.2, 0.25) is 0 Å². The van der Waals surface area contributed by atoms with E-state index >= 15 is 0 Å². The van der Waals surface area contributed by atoms with Crippen molar-refractivity contribution in [2.75, 3.05) is 13.1 Å². The largest absolute Gasteiger partial charge is 0.392 e. The molecule has 104 valence electrons. The number of nitrogens with one attached hydrogen (secondary N) is 1. The number of aliphatic hydroxyl groups excluding tert-OH is 1. The molecule has 0 aliphatic carbocycles. The SMILES string of the molecule is CC1CCCN(C(=O)NCc2ccc(CO)cc2)C1. The minimum atomic E-state index is 0.0257. The zero-order chi connectivity index (χ0) is 13.7. The number of rotatable bonds is 3. The van der Waals surface area contributed by atoms with E-state index in [1.54, 1.807) is 0 Å². The van der Waals surface area contributed by atoms with Crippen LogP contribution in [0.4, 0.5) is 4.79 Å². The van der Waals surface area contributed by atoms with Gasteiger partial charge >= 0.3 is 6.03 Å². The van der Waals surface area contributed by atoms with Gasteiger partial charge in [-0.1, -0.05) is 31.2 Å². The van der Waals surface area contributed by atoms with Gasteiger partial charge in [0.15, 0.2) is 0 Å². The van der Waals surface area contributed by atoms with Crippen molar-refractivity contribution in [2.45, 2.75) is 32.9 Å². The molecule has 1 aliphatic rings. The van der Waals surface area contributed by atoms with Gasteiger partial charge in [-0.05, 0) is 29.9 Å². The smallest absolute Gasteiger partial charge is 0.317 e. The lowest BCUT2D eigenvalue weighted by molar-refractivity contribution is 0.169. The average molecular weight is 262 g/mol. The van der Waals surface area contributed by atoms with Crippen molar-refractivity contribution in [3.05, 3.63) is 35.4 Å². The highest BCUT2D eigenvalue weighted by atomic mass is 16.3. The summed E-state index contributed by atoms with van der Waals surface area (Å²) in [6.45, 7) is 4.50. The number of carbonyl (C=O) groups excluding carboxylic acids is 1. The minimum Gasteiger partial charge on any atom is -0.392 e. The maximum atomic E-state index is 12.0. The van der Waals surface area contributed by atoms with Crippen LogP contribution in [-0.4, -0.2) is 29.1 Å². The summed E-state index contributed by atoms with van der Waals surface area (Å²) in [6, 6.07) is 7.65. The third-order valence-electron chi connectivity index (χ3n) is 3.59. The van der Waals surface area contributed by atoms with Gasteiger partial charge in [-0.2, -0.15) is 0 Å². The van der Waals surface area contributed by atoms with Crippen molar-refractivity contribution in [2.24, 2.45) is 5.92 Å². The predicted octanol–water partition coefficient (Wildman–Crippen LogP) is 2.12. The van der Waals surface area contributed by atoms with Gasteiger partial charge in [0.05, 0.1) is 6.61 Å². The summed E-state index contributed by atoms with van der Waals surface area (Å²) < 4.78 is 0. The number of likely N-dealkylation sites (tertiary alicyclic amines) is 1. The van der Waals surface area contributed by atoms with E-state index in [1.165, 1.54) is 6.42 Å². The summed E-state index contributed by atoms with van der Waals surface area (Å²) in [5.74, 6) is 0.600. The molecule has 1 unspecified atom stereocenters. The first kappa shape index (κ1) is 13.9. The zero-order valence-electron chi connectivity index (χ0n) is 11.4. The standard InChI is InChI=1S/C15H22N2O2/c1-12-3-2-8-17(10-12)15(19)16-9-13-4-6-14(11-18)7-5-13/h4-7,12,18H,2-3,8-11H2,1H3,(H,16,19). The van der Waals surface area contributed by atoms with E-state index in [-0.39, 0.29) is 12.6 Å². The van der Waals surface area contributed by atoms with Gasteiger partial charge in [0, 0.05) is 19.6 Å². The monoisotopic (exact) mass is 262 g/mol. The van der Waals surface area contributed by atoms with Crippen molar-refractivity contribution in [1.29, 1.82) is 0 Å². The number of carbonyl (C=O) groups is 1. The van der Waals surface area contributed by atoms with Gasteiger partial charge in [-0.15, -0.1) is 0 Å². The van der Waals surface area contributed by atoms with E-state index in [0.29, 0.717) is 12.5 Å². The second-order valence-electron chi connectivity index (χ2n) is 5.33. The molecule has 1 aromatic carbocycles. The van der Waals surface area contributed by atoms with E-state index in [0.717, 1.165) is 30.6 Å². The molecule has 1 fully saturated rings. The lowest BCUT2D eigenvalue weighted by atomic mass is 10.0. The van der Waals surface area contributed by atoms with Crippen LogP contribution < -0.4 is 5.32 Å². The van der Waals surface area contributed by atoms with Crippen molar-refractivity contribution < 1.29 is 9.90 Å². The molecular formula is C15H22N2O2. The molecule has 0 saturated carbocycles. The molecule has 1 atom stereocenters. The summed E-state index contributed by atoms with van der Waals surface area (Å²) in [6.07, 6.45) is 2.31. The highest BCUT2D eigenvalue weighted by Crippen LogP contribution is 2.15. The van der Waals surface area contributed by atoms with Gasteiger partial charge in [-0.3, -0.25) is 0 Å². The van der Waals surface area contributed by atoms with Crippen LogP contribution in [0, 0.1) is 5.92 Å².